The van der Waals surface area contributed by atoms with Crippen LogP contribution in [0.1, 0.15) is 70.0 Å². The Morgan fingerprint density at radius 2 is 0.895 bits per heavy atom. The highest BCUT2D eigenvalue weighted by Crippen LogP contribution is 2.37. The molecule has 0 bridgehead atoms. The molecule has 0 atom stereocenters. The van der Waals surface area contributed by atoms with E-state index in [1.54, 1.807) is 102 Å². The molecule has 0 N–H and O–H groups in total. The van der Waals surface area contributed by atoms with E-state index < -0.39 is 28.9 Å². The maximum absolute atomic E-state index is 13.9. The fourth-order valence-corrected chi connectivity index (χ4v) is 3.75. The molecule has 0 aliphatic carbocycles. The van der Waals surface area contributed by atoms with Crippen LogP contribution in [-0.2, 0) is 14.9 Å². The highest BCUT2D eigenvalue weighted by molar-refractivity contribution is 6.06. The molecule has 0 aliphatic rings. The Labute approximate surface area is 223 Å². The number of carbonyl (C=O) groups excluding carboxylic acids is 3. The number of hydrogen-bond acceptors (Lipinski definition) is 7. The summed E-state index contributed by atoms with van der Waals surface area (Å²) in [4.78, 5) is 38.0. The summed E-state index contributed by atoms with van der Waals surface area (Å²) < 4.78 is 21.0. The Bertz CT molecular complexity index is 1190. The van der Waals surface area contributed by atoms with Crippen LogP contribution in [0.25, 0.3) is 0 Å². The van der Waals surface area contributed by atoms with Crippen molar-refractivity contribution >= 4 is 18.1 Å². The van der Waals surface area contributed by atoms with Gasteiger partial charge in [0, 0.05) is 5.56 Å². The van der Waals surface area contributed by atoms with Crippen molar-refractivity contribution in [1.29, 1.82) is 0 Å². The minimum Gasteiger partial charge on any atom is -0.428 e. The highest BCUT2D eigenvalue weighted by Gasteiger charge is 2.38. The normalized spacial score (nSPS) is 11.9. The SMILES string of the molecule is CC(C)(C)OC(=O)Oc1ccc(C(C)(C(=O)c2ccccc2)c2ccc(OC(=O)OC(C)(C)C)cc2)cc1. The second-order valence-electron chi connectivity index (χ2n) is 11.0. The molecule has 0 amide bonds. The molecule has 3 rings (SSSR count). The topological polar surface area (TPSA) is 88.1 Å². The zero-order valence-corrected chi connectivity index (χ0v) is 22.9. The predicted molar refractivity (Wildman–Crippen MR) is 144 cm³/mol. The number of ketones is 1. The summed E-state index contributed by atoms with van der Waals surface area (Å²) >= 11 is 0. The monoisotopic (exact) mass is 518 g/mol. The van der Waals surface area contributed by atoms with Gasteiger partial charge in [-0.2, -0.15) is 0 Å². The molecular weight excluding hydrogens is 484 g/mol. The standard InChI is InChI=1S/C31H34O7/c1-29(2,3)37-27(33)35-24-17-13-22(14-18-24)31(7,26(32)21-11-9-8-10-12-21)23-15-19-25(20-16-23)36-28(34)38-30(4,5)6/h8-20H,1-7H3. The lowest BCUT2D eigenvalue weighted by molar-refractivity contribution is 0.0193. The second kappa shape index (κ2) is 11.1. The van der Waals surface area contributed by atoms with Gasteiger partial charge in [0.1, 0.15) is 22.7 Å². The van der Waals surface area contributed by atoms with Crippen molar-refractivity contribution in [3.05, 3.63) is 95.6 Å². The molecule has 0 unspecified atom stereocenters. The van der Waals surface area contributed by atoms with Gasteiger partial charge in [0.05, 0.1) is 5.41 Å². The van der Waals surface area contributed by atoms with E-state index in [4.69, 9.17) is 18.9 Å². The second-order valence-corrected chi connectivity index (χ2v) is 11.0. The fourth-order valence-electron chi connectivity index (χ4n) is 3.75. The van der Waals surface area contributed by atoms with Gasteiger partial charge in [-0.05, 0) is 83.9 Å². The van der Waals surface area contributed by atoms with Crippen LogP contribution in [-0.4, -0.2) is 29.3 Å². The number of rotatable bonds is 6. The Balaban J connectivity index is 1.93. The molecule has 0 fully saturated rings. The van der Waals surface area contributed by atoms with Crippen LogP contribution in [0.2, 0.25) is 0 Å². The van der Waals surface area contributed by atoms with Gasteiger partial charge in [-0.25, -0.2) is 9.59 Å². The van der Waals surface area contributed by atoms with E-state index in [-0.39, 0.29) is 5.78 Å². The number of carbonyl (C=O) groups is 3. The molecule has 0 saturated carbocycles. The van der Waals surface area contributed by atoms with Gasteiger partial charge in [-0.3, -0.25) is 4.79 Å². The quantitative estimate of drug-likeness (QED) is 0.190. The number of ether oxygens (including phenoxy) is 4. The highest BCUT2D eigenvalue weighted by atomic mass is 16.7. The summed E-state index contributed by atoms with van der Waals surface area (Å²) in [6.07, 6.45) is -1.62. The number of benzene rings is 3. The van der Waals surface area contributed by atoms with Crippen LogP contribution in [0.5, 0.6) is 11.5 Å². The minimum absolute atomic E-state index is 0.125. The Hall–Kier alpha value is -4.13. The molecule has 0 aromatic heterocycles. The minimum atomic E-state index is -1.10. The number of Topliss-reactive ketones (excluding diaryl/α,β-unsaturated/α-hetero) is 1. The third-order valence-corrected chi connectivity index (χ3v) is 5.53. The van der Waals surface area contributed by atoms with E-state index in [2.05, 4.69) is 0 Å². The van der Waals surface area contributed by atoms with Crippen molar-refractivity contribution in [2.45, 2.75) is 65.1 Å². The molecule has 0 spiro atoms. The van der Waals surface area contributed by atoms with Crippen LogP contribution in [0.3, 0.4) is 0 Å². The van der Waals surface area contributed by atoms with Crippen molar-refractivity contribution in [1.82, 2.24) is 0 Å². The lowest BCUT2D eigenvalue weighted by atomic mass is 9.71. The zero-order chi connectivity index (χ0) is 28.1. The molecule has 0 aliphatic heterocycles. The van der Waals surface area contributed by atoms with Crippen LogP contribution in [0, 0.1) is 0 Å². The molecule has 3 aromatic carbocycles. The lowest BCUT2D eigenvalue weighted by Gasteiger charge is -2.30. The molecule has 7 nitrogen and oxygen atoms in total. The van der Waals surface area contributed by atoms with Gasteiger partial charge in [0.2, 0.25) is 0 Å². The summed E-state index contributed by atoms with van der Waals surface area (Å²) in [5.41, 5.74) is -0.560. The Kier molecular flexibility index (Phi) is 8.30. The molecule has 0 saturated heterocycles. The first-order valence-corrected chi connectivity index (χ1v) is 12.3. The van der Waals surface area contributed by atoms with Gasteiger partial charge >= 0.3 is 12.3 Å². The van der Waals surface area contributed by atoms with Crippen LogP contribution >= 0.6 is 0 Å². The van der Waals surface area contributed by atoms with Crippen LogP contribution in [0.4, 0.5) is 9.59 Å². The zero-order valence-electron chi connectivity index (χ0n) is 22.9. The molecule has 7 heteroatoms. The van der Waals surface area contributed by atoms with E-state index in [9.17, 15) is 14.4 Å². The summed E-state index contributed by atoms with van der Waals surface area (Å²) in [6, 6.07) is 22.4. The van der Waals surface area contributed by atoms with Gasteiger partial charge in [0.25, 0.3) is 0 Å². The smallest absolute Gasteiger partial charge is 0.428 e. The maximum atomic E-state index is 13.9. The van der Waals surface area contributed by atoms with Crippen molar-refractivity contribution in [3.63, 3.8) is 0 Å². The van der Waals surface area contributed by atoms with Crippen LogP contribution < -0.4 is 9.47 Å². The number of hydrogen-bond donors (Lipinski definition) is 0. The average molecular weight is 519 g/mol. The van der Waals surface area contributed by atoms with Crippen molar-refractivity contribution < 1.29 is 33.3 Å². The van der Waals surface area contributed by atoms with E-state index in [1.807, 2.05) is 25.1 Å². The van der Waals surface area contributed by atoms with Crippen LogP contribution in [0.15, 0.2) is 78.9 Å². The van der Waals surface area contributed by atoms with Gasteiger partial charge in [0.15, 0.2) is 5.78 Å². The van der Waals surface area contributed by atoms with E-state index in [0.717, 1.165) is 0 Å². The van der Waals surface area contributed by atoms with E-state index >= 15 is 0 Å². The fraction of sp³-hybridized carbons (Fsp3) is 0.323. The van der Waals surface area contributed by atoms with E-state index in [0.29, 0.717) is 28.2 Å². The molecule has 0 heterocycles. The van der Waals surface area contributed by atoms with Crippen molar-refractivity contribution in [2.75, 3.05) is 0 Å². The average Bonchev–Trinajstić information content (AvgIpc) is 2.82. The summed E-state index contributed by atoms with van der Waals surface area (Å²) in [7, 11) is 0. The summed E-state index contributed by atoms with van der Waals surface area (Å²) in [5.74, 6) is 0.456. The molecule has 0 radical (unpaired) electrons. The predicted octanol–water partition coefficient (Wildman–Crippen LogP) is 7.50. The first-order chi connectivity index (χ1) is 17.7. The van der Waals surface area contributed by atoms with Gasteiger partial charge < -0.3 is 18.9 Å². The first-order valence-electron chi connectivity index (χ1n) is 12.3. The molecule has 38 heavy (non-hydrogen) atoms. The summed E-state index contributed by atoms with van der Waals surface area (Å²) in [5, 5.41) is 0. The Morgan fingerprint density at radius 1 is 0.526 bits per heavy atom. The summed E-state index contributed by atoms with van der Waals surface area (Å²) in [6.45, 7) is 12.3. The van der Waals surface area contributed by atoms with Gasteiger partial charge in [-0.1, -0.05) is 54.6 Å². The third kappa shape index (κ3) is 7.44. The Morgan fingerprint density at radius 3 is 1.24 bits per heavy atom. The molecular formula is C31H34O7. The molecule has 200 valence electrons. The lowest BCUT2D eigenvalue weighted by Crippen LogP contribution is -2.34. The molecule has 3 aromatic rings. The third-order valence-electron chi connectivity index (χ3n) is 5.53. The first kappa shape index (κ1) is 28.4. The van der Waals surface area contributed by atoms with E-state index in [1.165, 1.54) is 0 Å². The van der Waals surface area contributed by atoms with Gasteiger partial charge in [-0.15, -0.1) is 0 Å². The van der Waals surface area contributed by atoms with Crippen molar-refractivity contribution in [3.8, 4) is 11.5 Å². The maximum Gasteiger partial charge on any atom is 0.514 e. The largest absolute Gasteiger partial charge is 0.514 e. The van der Waals surface area contributed by atoms with Crippen molar-refractivity contribution in [2.24, 2.45) is 0 Å².